The molecule has 0 spiro atoms. The number of rotatable bonds is 8. The minimum absolute atomic E-state index is 0.0413. The Hall–Kier alpha value is -3.83. The number of hydrogen-bond acceptors (Lipinski definition) is 7. The van der Waals surface area contributed by atoms with Crippen molar-refractivity contribution in [1.82, 2.24) is 20.2 Å². The zero-order valence-corrected chi connectivity index (χ0v) is 20.9. The van der Waals surface area contributed by atoms with Crippen LogP contribution < -0.4 is 5.43 Å². The third-order valence-electron chi connectivity index (χ3n) is 4.91. The number of nitro benzene ring substituents is 1. The Morgan fingerprint density at radius 3 is 2.54 bits per heavy atom. The molecule has 1 N–H and O–H groups in total. The molecule has 1 heterocycles. The summed E-state index contributed by atoms with van der Waals surface area (Å²) in [4.78, 5) is 23.0. The highest BCUT2D eigenvalue weighted by Gasteiger charge is 2.17. The quantitative estimate of drug-likeness (QED) is 0.139. The molecule has 3 aromatic carbocycles. The van der Waals surface area contributed by atoms with E-state index in [1.807, 2.05) is 59.2 Å². The van der Waals surface area contributed by atoms with Crippen molar-refractivity contribution >= 4 is 45.0 Å². The summed E-state index contributed by atoms with van der Waals surface area (Å²) in [6.45, 7) is 1.67. The zero-order valence-electron chi connectivity index (χ0n) is 18.5. The number of nitrogens with one attached hydrogen (secondary N) is 1. The number of amides is 1. The van der Waals surface area contributed by atoms with Gasteiger partial charge in [0, 0.05) is 33.4 Å². The summed E-state index contributed by atoms with van der Waals surface area (Å²) in [7, 11) is 0. The highest BCUT2D eigenvalue weighted by atomic mass is 79.9. The lowest BCUT2D eigenvalue weighted by Gasteiger charge is -2.10. The summed E-state index contributed by atoms with van der Waals surface area (Å²) in [5.41, 5.74) is 5.22. The minimum Gasteiger partial charge on any atom is -0.272 e. The normalized spacial score (nSPS) is 11.3. The van der Waals surface area contributed by atoms with Crippen LogP contribution in [0.25, 0.3) is 17.1 Å². The van der Waals surface area contributed by atoms with E-state index in [2.05, 4.69) is 36.7 Å². The van der Waals surface area contributed by atoms with E-state index in [-0.39, 0.29) is 17.3 Å². The molecule has 0 aliphatic heterocycles. The van der Waals surface area contributed by atoms with Gasteiger partial charge in [-0.2, -0.15) is 5.10 Å². The summed E-state index contributed by atoms with van der Waals surface area (Å²) < 4.78 is 2.85. The molecular formula is C24H19BrN6O3S. The van der Waals surface area contributed by atoms with Gasteiger partial charge in [-0.15, -0.1) is 10.2 Å². The van der Waals surface area contributed by atoms with Crippen LogP contribution in [0.4, 0.5) is 5.69 Å². The van der Waals surface area contributed by atoms with Crippen molar-refractivity contribution in [3.05, 3.63) is 99.0 Å². The molecule has 11 heteroatoms. The summed E-state index contributed by atoms with van der Waals surface area (Å²) in [5, 5.41) is 24.3. The second-order valence-electron chi connectivity index (χ2n) is 7.31. The molecule has 4 aromatic rings. The second kappa shape index (κ2) is 11.1. The molecule has 0 fully saturated rings. The van der Waals surface area contributed by atoms with Gasteiger partial charge < -0.3 is 0 Å². The van der Waals surface area contributed by atoms with E-state index in [1.165, 1.54) is 23.9 Å². The summed E-state index contributed by atoms with van der Waals surface area (Å²) in [6, 6.07) is 23.5. The van der Waals surface area contributed by atoms with Crippen molar-refractivity contribution in [2.45, 2.75) is 12.1 Å². The molecule has 35 heavy (non-hydrogen) atoms. The molecule has 0 saturated carbocycles. The number of carbonyl (C=O) groups excluding carboxylic acids is 1. The Bertz CT molecular complexity index is 1390. The summed E-state index contributed by atoms with van der Waals surface area (Å²) >= 11 is 4.68. The van der Waals surface area contributed by atoms with Gasteiger partial charge in [-0.1, -0.05) is 70.2 Å². The van der Waals surface area contributed by atoms with E-state index < -0.39 is 4.92 Å². The standard InChI is InChI=1S/C24H19BrN6O3S/c1-16(18-8-5-9-21(14-18)31(33)34)26-27-22(32)15-35-24-29-28-23(17-6-3-2-4-7-17)30(24)20-12-10-19(25)11-13-20/h2-14H,15H2,1H3,(H,27,32)/b26-16+. The average molecular weight is 551 g/mol. The van der Waals surface area contributed by atoms with E-state index in [0.29, 0.717) is 22.3 Å². The molecule has 0 radical (unpaired) electrons. The van der Waals surface area contributed by atoms with Crippen LogP contribution in [0.3, 0.4) is 0 Å². The number of hydrogen-bond donors (Lipinski definition) is 1. The van der Waals surface area contributed by atoms with Crippen molar-refractivity contribution in [1.29, 1.82) is 0 Å². The third-order valence-corrected chi connectivity index (χ3v) is 6.36. The SMILES string of the molecule is C/C(=N\NC(=O)CSc1nnc(-c2ccccc2)n1-c1ccc(Br)cc1)c1cccc([N+](=O)[O-])c1. The van der Waals surface area contributed by atoms with Crippen molar-refractivity contribution < 1.29 is 9.72 Å². The molecule has 0 aliphatic carbocycles. The lowest BCUT2D eigenvalue weighted by Crippen LogP contribution is -2.21. The van der Waals surface area contributed by atoms with Crippen LogP contribution in [0, 0.1) is 10.1 Å². The van der Waals surface area contributed by atoms with E-state index in [9.17, 15) is 14.9 Å². The first-order chi connectivity index (χ1) is 16.9. The largest absolute Gasteiger partial charge is 0.272 e. The third kappa shape index (κ3) is 6.00. The Kier molecular flexibility index (Phi) is 7.68. The Labute approximate surface area is 213 Å². The first-order valence-corrected chi connectivity index (χ1v) is 12.2. The smallest absolute Gasteiger partial charge is 0.270 e. The fraction of sp³-hybridized carbons (Fsp3) is 0.0833. The predicted molar refractivity (Wildman–Crippen MR) is 139 cm³/mol. The molecule has 0 bridgehead atoms. The predicted octanol–water partition coefficient (Wildman–Crippen LogP) is 5.24. The Morgan fingerprint density at radius 2 is 1.83 bits per heavy atom. The Balaban J connectivity index is 1.50. The fourth-order valence-electron chi connectivity index (χ4n) is 3.18. The average Bonchev–Trinajstić information content (AvgIpc) is 3.31. The molecule has 0 atom stereocenters. The van der Waals surface area contributed by atoms with Crippen LogP contribution in [-0.4, -0.2) is 37.1 Å². The van der Waals surface area contributed by atoms with Gasteiger partial charge in [0.2, 0.25) is 0 Å². The van der Waals surface area contributed by atoms with Crippen molar-refractivity contribution in [3.8, 4) is 17.1 Å². The summed E-state index contributed by atoms with van der Waals surface area (Å²) in [5.74, 6) is 0.372. The number of aromatic nitrogens is 3. The highest BCUT2D eigenvalue weighted by molar-refractivity contribution is 9.10. The fourth-order valence-corrected chi connectivity index (χ4v) is 4.19. The van der Waals surface area contributed by atoms with Gasteiger partial charge in [0.05, 0.1) is 16.4 Å². The van der Waals surface area contributed by atoms with E-state index in [0.717, 1.165) is 15.7 Å². The first-order valence-electron chi connectivity index (χ1n) is 10.4. The van der Waals surface area contributed by atoms with Crippen LogP contribution in [0.1, 0.15) is 12.5 Å². The van der Waals surface area contributed by atoms with Crippen LogP contribution in [0.5, 0.6) is 0 Å². The van der Waals surface area contributed by atoms with Gasteiger partial charge in [-0.25, -0.2) is 5.43 Å². The van der Waals surface area contributed by atoms with Crippen LogP contribution >= 0.6 is 27.7 Å². The van der Waals surface area contributed by atoms with Crippen molar-refractivity contribution in [2.75, 3.05) is 5.75 Å². The Morgan fingerprint density at radius 1 is 1.09 bits per heavy atom. The minimum atomic E-state index is -0.475. The molecule has 0 aliphatic rings. The maximum absolute atomic E-state index is 12.5. The topological polar surface area (TPSA) is 115 Å². The number of nitro groups is 1. The second-order valence-corrected chi connectivity index (χ2v) is 9.17. The van der Waals surface area contributed by atoms with Crippen molar-refractivity contribution in [2.24, 2.45) is 5.10 Å². The van der Waals surface area contributed by atoms with E-state index >= 15 is 0 Å². The van der Waals surface area contributed by atoms with Crippen molar-refractivity contribution in [3.63, 3.8) is 0 Å². The lowest BCUT2D eigenvalue weighted by atomic mass is 10.1. The van der Waals surface area contributed by atoms with Gasteiger partial charge in [0.15, 0.2) is 11.0 Å². The molecule has 0 saturated heterocycles. The number of thioether (sulfide) groups is 1. The number of carbonyl (C=O) groups is 1. The molecular weight excluding hydrogens is 532 g/mol. The number of non-ortho nitro benzene ring substituents is 1. The molecule has 9 nitrogen and oxygen atoms in total. The van der Waals surface area contributed by atoms with E-state index in [1.54, 1.807) is 19.1 Å². The van der Waals surface area contributed by atoms with Crippen LogP contribution in [-0.2, 0) is 4.79 Å². The first kappa shape index (κ1) is 24.3. The highest BCUT2D eigenvalue weighted by Crippen LogP contribution is 2.28. The van der Waals surface area contributed by atoms with Gasteiger partial charge in [-0.3, -0.25) is 19.5 Å². The number of benzene rings is 3. The van der Waals surface area contributed by atoms with Crippen LogP contribution in [0.2, 0.25) is 0 Å². The maximum atomic E-state index is 12.5. The lowest BCUT2D eigenvalue weighted by molar-refractivity contribution is -0.384. The molecule has 1 amide bonds. The van der Waals surface area contributed by atoms with Gasteiger partial charge in [0.25, 0.3) is 11.6 Å². The van der Waals surface area contributed by atoms with Gasteiger partial charge in [0.1, 0.15) is 0 Å². The van der Waals surface area contributed by atoms with Gasteiger partial charge in [-0.05, 0) is 31.2 Å². The zero-order chi connectivity index (χ0) is 24.8. The number of nitrogens with zero attached hydrogens (tertiary/aromatic N) is 5. The molecule has 0 unspecified atom stereocenters. The van der Waals surface area contributed by atoms with E-state index in [4.69, 9.17) is 0 Å². The van der Waals surface area contributed by atoms with Crippen LogP contribution in [0.15, 0.2) is 93.6 Å². The number of hydrazone groups is 1. The molecule has 4 rings (SSSR count). The monoisotopic (exact) mass is 550 g/mol. The summed E-state index contributed by atoms with van der Waals surface area (Å²) in [6.07, 6.45) is 0. The molecule has 176 valence electrons. The number of halogens is 1. The van der Waals surface area contributed by atoms with Gasteiger partial charge >= 0.3 is 0 Å². The molecule has 1 aromatic heterocycles. The maximum Gasteiger partial charge on any atom is 0.270 e.